The molecule has 0 unspecified atom stereocenters. The summed E-state index contributed by atoms with van der Waals surface area (Å²) in [6, 6.07) is 17.4. The standard InChI is InChI=1S/C22H25NO3/c1-17(24)20-12-5-6-13-21(20)22(25)23-14-15-26-19(16-23)11-7-10-18-8-3-2-4-9-18/h2-6,8-9,12-13,19H,7,10-11,14-16H2,1H3/t19-/m1/s1. The van der Waals surface area contributed by atoms with Gasteiger partial charge in [-0.15, -0.1) is 0 Å². The van der Waals surface area contributed by atoms with Gasteiger partial charge in [0.25, 0.3) is 5.91 Å². The van der Waals surface area contributed by atoms with Crippen molar-refractivity contribution in [3.63, 3.8) is 0 Å². The highest BCUT2D eigenvalue weighted by Crippen LogP contribution is 2.18. The van der Waals surface area contributed by atoms with Crippen molar-refractivity contribution in [3.05, 3.63) is 71.3 Å². The van der Waals surface area contributed by atoms with Crippen LogP contribution in [0, 0.1) is 0 Å². The van der Waals surface area contributed by atoms with Gasteiger partial charge in [-0.3, -0.25) is 9.59 Å². The molecule has 0 aromatic heterocycles. The summed E-state index contributed by atoms with van der Waals surface area (Å²) < 4.78 is 5.85. The molecule has 0 aliphatic carbocycles. The Morgan fingerprint density at radius 1 is 1.04 bits per heavy atom. The number of ketones is 1. The lowest BCUT2D eigenvalue weighted by atomic mass is 10.0. The third-order valence-corrected chi connectivity index (χ3v) is 4.80. The number of nitrogens with zero attached hydrogens (tertiary/aromatic N) is 1. The molecular formula is C22H25NO3. The molecule has 1 amide bonds. The van der Waals surface area contributed by atoms with Gasteiger partial charge in [-0.05, 0) is 37.8 Å². The molecule has 0 saturated carbocycles. The van der Waals surface area contributed by atoms with E-state index >= 15 is 0 Å². The summed E-state index contributed by atoms with van der Waals surface area (Å²) in [6.07, 6.45) is 3.02. The average molecular weight is 351 g/mol. The highest BCUT2D eigenvalue weighted by molar-refractivity contribution is 6.07. The Morgan fingerprint density at radius 2 is 1.73 bits per heavy atom. The normalized spacial score (nSPS) is 17.1. The van der Waals surface area contributed by atoms with Crippen molar-refractivity contribution in [2.45, 2.75) is 32.3 Å². The highest BCUT2D eigenvalue weighted by atomic mass is 16.5. The smallest absolute Gasteiger partial charge is 0.254 e. The second kappa shape index (κ2) is 8.77. The molecule has 1 aliphatic heterocycles. The SMILES string of the molecule is CC(=O)c1ccccc1C(=O)N1CCO[C@H](CCCc2ccccc2)C1. The Bertz CT molecular complexity index is 757. The summed E-state index contributed by atoms with van der Waals surface area (Å²) in [7, 11) is 0. The lowest BCUT2D eigenvalue weighted by Crippen LogP contribution is -2.46. The zero-order valence-electron chi connectivity index (χ0n) is 15.2. The zero-order chi connectivity index (χ0) is 18.4. The Hall–Kier alpha value is -2.46. The van der Waals surface area contributed by atoms with Crippen LogP contribution in [0.4, 0.5) is 0 Å². The fourth-order valence-corrected chi connectivity index (χ4v) is 3.40. The van der Waals surface area contributed by atoms with Gasteiger partial charge in [-0.2, -0.15) is 0 Å². The van der Waals surface area contributed by atoms with Crippen LogP contribution in [0.3, 0.4) is 0 Å². The summed E-state index contributed by atoms with van der Waals surface area (Å²) in [5.41, 5.74) is 2.31. The molecule has 4 nitrogen and oxygen atoms in total. The summed E-state index contributed by atoms with van der Waals surface area (Å²) in [5, 5.41) is 0. The van der Waals surface area contributed by atoms with Crippen molar-refractivity contribution in [1.29, 1.82) is 0 Å². The number of rotatable bonds is 6. The van der Waals surface area contributed by atoms with Crippen molar-refractivity contribution < 1.29 is 14.3 Å². The van der Waals surface area contributed by atoms with Crippen molar-refractivity contribution in [3.8, 4) is 0 Å². The summed E-state index contributed by atoms with van der Waals surface area (Å²) >= 11 is 0. The third kappa shape index (κ3) is 4.58. The van der Waals surface area contributed by atoms with Crippen molar-refractivity contribution in [2.24, 2.45) is 0 Å². The number of ether oxygens (including phenoxy) is 1. The molecule has 2 aromatic rings. The minimum absolute atomic E-state index is 0.0564. The number of aryl methyl sites for hydroxylation is 1. The minimum atomic E-state index is -0.0818. The van der Waals surface area contributed by atoms with Crippen LogP contribution in [0.2, 0.25) is 0 Å². The van der Waals surface area contributed by atoms with E-state index in [9.17, 15) is 9.59 Å². The van der Waals surface area contributed by atoms with E-state index in [1.807, 2.05) is 11.0 Å². The minimum Gasteiger partial charge on any atom is -0.375 e. The van der Waals surface area contributed by atoms with Gasteiger partial charge in [0.05, 0.1) is 18.3 Å². The number of Topliss-reactive ketones (excluding diaryl/α,β-unsaturated/α-hetero) is 1. The number of hydrogen-bond acceptors (Lipinski definition) is 3. The van der Waals surface area contributed by atoms with Crippen molar-refractivity contribution >= 4 is 11.7 Å². The molecule has 1 fully saturated rings. The molecule has 0 radical (unpaired) electrons. The van der Waals surface area contributed by atoms with E-state index < -0.39 is 0 Å². The molecule has 26 heavy (non-hydrogen) atoms. The molecule has 136 valence electrons. The Morgan fingerprint density at radius 3 is 2.46 bits per heavy atom. The fraction of sp³-hybridized carbons (Fsp3) is 0.364. The largest absolute Gasteiger partial charge is 0.375 e. The Kier molecular flexibility index (Phi) is 6.18. The molecule has 2 aromatic carbocycles. The second-order valence-electron chi connectivity index (χ2n) is 6.72. The van der Waals surface area contributed by atoms with Gasteiger partial charge in [0, 0.05) is 18.7 Å². The second-order valence-corrected chi connectivity index (χ2v) is 6.72. The van der Waals surface area contributed by atoms with Crippen LogP contribution < -0.4 is 0 Å². The van der Waals surface area contributed by atoms with Crippen LogP contribution in [0.15, 0.2) is 54.6 Å². The summed E-state index contributed by atoms with van der Waals surface area (Å²) in [5.74, 6) is -0.159. The number of hydrogen-bond donors (Lipinski definition) is 0. The lowest BCUT2D eigenvalue weighted by molar-refractivity contribution is -0.0255. The predicted octanol–water partition coefficient (Wildman–Crippen LogP) is 3.75. The Labute approximate surface area is 154 Å². The van der Waals surface area contributed by atoms with Gasteiger partial charge in [0.15, 0.2) is 5.78 Å². The molecular weight excluding hydrogens is 326 g/mol. The first-order valence-electron chi connectivity index (χ1n) is 9.20. The Balaban J connectivity index is 1.58. The molecule has 1 saturated heterocycles. The van der Waals surface area contributed by atoms with Gasteiger partial charge in [0.1, 0.15) is 0 Å². The number of morpholine rings is 1. The van der Waals surface area contributed by atoms with E-state index in [2.05, 4.69) is 24.3 Å². The molecule has 0 spiro atoms. The van der Waals surface area contributed by atoms with Gasteiger partial charge < -0.3 is 9.64 Å². The monoisotopic (exact) mass is 351 g/mol. The third-order valence-electron chi connectivity index (χ3n) is 4.80. The zero-order valence-corrected chi connectivity index (χ0v) is 15.2. The first-order valence-corrected chi connectivity index (χ1v) is 9.20. The maximum Gasteiger partial charge on any atom is 0.254 e. The topological polar surface area (TPSA) is 46.6 Å². The highest BCUT2D eigenvalue weighted by Gasteiger charge is 2.26. The van der Waals surface area contributed by atoms with Gasteiger partial charge in [-0.25, -0.2) is 0 Å². The average Bonchev–Trinajstić information content (AvgIpc) is 2.68. The van der Waals surface area contributed by atoms with Crippen molar-refractivity contribution in [2.75, 3.05) is 19.7 Å². The maximum atomic E-state index is 12.9. The fourth-order valence-electron chi connectivity index (χ4n) is 3.40. The maximum absolute atomic E-state index is 12.9. The van der Waals surface area contributed by atoms with E-state index in [0.29, 0.717) is 30.8 Å². The molecule has 1 heterocycles. The van der Waals surface area contributed by atoms with Crippen LogP contribution in [-0.4, -0.2) is 42.4 Å². The molecule has 1 aliphatic rings. The van der Waals surface area contributed by atoms with Gasteiger partial charge in [0.2, 0.25) is 0 Å². The predicted molar refractivity (Wildman–Crippen MR) is 101 cm³/mol. The first-order chi connectivity index (χ1) is 12.6. The molecule has 0 N–H and O–H groups in total. The number of carbonyl (C=O) groups is 2. The number of carbonyl (C=O) groups excluding carboxylic acids is 2. The molecule has 3 rings (SSSR count). The molecule has 0 bridgehead atoms. The molecule has 1 atom stereocenters. The van der Waals surface area contributed by atoms with E-state index in [-0.39, 0.29) is 17.8 Å². The van der Waals surface area contributed by atoms with E-state index in [1.165, 1.54) is 12.5 Å². The van der Waals surface area contributed by atoms with Crippen LogP contribution in [0.25, 0.3) is 0 Å². The van der Waals surface area contributed by atoms with Crippen LogP contribution in [-0.2, 0) is 11.2 Å². The first kappa shape index (κ1) is 18.3. The van der Waals surface area contributed by atoms with Crippen LogP contribution in [0.1, 0.15) is 46.0 Å². The summed E-state index contributed by atoms with van der Waals surface area (Å²) in [4.78, 5) is 26.5. The van der Waals surface area contributed by atoms with Crippen LogP contribution >= 0.6 is 0 Å². The van der Waals surface area contributed by atoms with Gasteiger partial charge >= 0.3 is 0 Å². The van der Waals surface area contributed by atoms with E-state index in [0.717, 1.165) is 19.3 Å². The van der Waals surface area contributed by atoms with E-state index in [4.69, 9.17) is 4.74 Å². The quantitative estimate of drug-likeness (QED) is 0.745. The van der Waals surface area contributed by atoms with E-state index in [1.54, 1.807) is 24.3 Å². The number of benzene rings is 2. The number of amides is 1. The molecule has 4 heteroatoms. The van der Waals surface area contributed by atoms with Gasteiger partial charge in [-0.1, -0.05) is 48.5 Å². The van der Waals surface area contributed by atoms with Crippen molar-refractivity contribution in [1.82, 2.24) is 4.90 Å². The van der Waals surface area contributed by atoms with Crippen LogP contribution in [0.5, 0.6) is 0 Å². The lowest BCUT2D eigenvalue weighted by Gasteiger charge is -2.33. The summed E-state index contributed by atoms with van der Waals surface area (Å²) in [6.45, 7) is 3.20.